The van der Waals surface area contributed by atoms with Crippen molar-refractivity contribution < 1.29 is 18.9 Å². The van der Waals surface area contributed by atoms with Gasteiger partial charge in [-0.15, -0.1) is 6.58 Å². The maximum atomic E-state index is 11.2. The van der Waals surface area contributed by atoms with Crippen molar-refractivity contribution in [3.63, 3.8) is 0 Å². The lowest BCUT2D eigenvalue weighted by Crippen LogP contribution is -2.43. The Labute approximate surface area is 84.6 Å². The molecular formula is C8H13NO4S. The van der Waals surface area contributed by atoms with Crippen LogP contribution in [0.5, 0.6) is 0 Å². The van der Waals surface area contributed by atoms with E-state index >= 15 is 0 Å². The Morgan fingerprint density at radius 3 is 2.57 bits per heavy atom. The molecule has 0 aromatic carbocycles. The van der Waals surface area contributed by atoms with Crippen molar-refractivity contribution in [1.29, 1.82) is 0 Å². The van der Waals surface area contributed by atoms with E-state index in [-0.39, 0.29) is 11.5 Å². The summed E-state index contributed by atoms with van der Waals surface area (Å²) in [5.41, 5.74) is 0. The van der Waals surface area contributed by atoms with Gasteiger partial charge >= 0.3 is 5.97 Å². The van der Waals surface area contributed by atoms with Crippen LogP contribution in [0.2, 0.25) is 0 Å². The van der Waals surface area contributed by atoms with E-state index in [2.05, 4.69) is 11.9 Å². The molecule has 0 unspecified atom stereocenters. The molecule has 2 atom stereocenters. The van der Waals surface area contributed by atoms with Gasteiger partial charge < -0.3 is 10.4 Å². The number of hydrogen-bond acceptors (Lipinski definition) is 3. The monoisotopic (exact) mass is 219 g/mol. The Balaban J connectivity index is 4.22. The summed E-state index contributed by atoms with van der Waals surface area (Å²) in [5, 5.41) is 10.9. The second-order valence-electron chi connectivity index (χ2n) is 2.65. The van der Waals surface area contributed by atoms with Crippen molar-refractivity contribution in [2.45, 2.75) is 13.0 Å². The SMILES string of the molecule is C=CC[S@](=O)C[C@H](NC(C)=O)C(=O)O. The molecule has 0 radical (unpaired) electrons. The standard InChI is InChI=1S/C8H13NO4S/c1-3-4-14(13)5-7(8(11)12)9-6(2)10/h3,7H,1,4-5H2,2H3,(H,9,10)(H,11,12)/t7-,14-/m0/s1. The van der Waals surface area contributed by atoms with E-state index in [0.717, 1.165) is 0 Å². The van der Waals surface area contributed by atoms with Crippen LogP contribution >= 0.6 is 0 Å². The Hall–Kier alpha value is -1.17. The Kier molecular flexibility index (Phi) is 5.78. The molecule has 6 heteroatoms. The highest BCUT2D eigenvalue weighted by atomic mass is 32.2. The van der Waals surface area contributed by atoms with Crippen LogP contribution in [0.1, 0.15) is 6.92 Å². The van der Waals surface area contributed by atoms with Gasteiger partial charge in [0.25, 0.3) is 0 Å². The topological polar surface area (TPSA) is 83.5 Å². The maximum Gasteiger partial charge on any atom is 0.327 e. The van der Waals surface area contributed by atoms with Crippen molar-refractivity contribution in [2.24, 2.45) is 0 Å². The number of rotatable bonds is 6. The number of amides is 1. The van der Waals surface area contributed by atoms with Gasteiger partial charge in [0.15, 0.2) is 0 Å². The quantitative estimate of drug-likeness (QED) is 0.590. The zero-order valence-corrected chi connectivity index (χ0v) is 8.67. The van der Waals surface area contributed by atoms with Gasteiger partial charge in [0.05, 0.1) is 5.75 Å². The third-order valence-corrected chi connectivity index (χ3v) is 2.64. The fraction of sp³-hybridized carbons (Fsp3) is 0.500. The molecule has 80 valence electrons. The zero-order valence-electron chi connectivity index (χ0n) is 7.86. The van der Waals surface area contributed by atoms with Gasteiger partial charge in [-0.3, -0.25) is 9.00 Å². The first-order valence-corrected chi connectivity index (χ1v) is 5.42. The van der Waals surface area contributed by atoms with Crippen LogP contribution in [0.3, 0.4) is 0 Å². The molecule has 0 spiro atoms. The minimum Gasteiger partial charge on any atom is -0.480 e. The highest BCUT2D eigenvalue weighted by Crippen LogP contribution is 1.91. The molecule has 5 nitrogen and oxygen atoms in total. The molecule has 14 heavy (non-hydrogen) atoms. The summed E-state index contributed by atoms with van der Waals surface area (Å²) in [6.45, 7) is 4.60. The number of carboxylic acids is 1. The van der Waals surface area contributed by atoms with Crippen LogP contribution < -0.4 is 5.32 Å². The normalized spacial score (nSPS) is 14.1. The van der Waals surface area contributed by atoms with Crippen LogP contribution in [0.15, 0.2) is 12.7 Å². The number of nitrogens with one attached hydrogen (secondary N) is 1. The zero-order chi connectivity index (χ0) is 11.1. The molecule has 0 rings (SSSR count). The average molecular weight is 219 g/mol. The minimum absolute atomic E-state index is 0.0963. The summed E-state index contributed by atoms with van der Waals surface area (Å²) in [7, 11) is -1.30. The van der Waals surface area contributed by atoms with Crippen molar-refractivity contribution in [1.82, 2.24) is 5.32 Å². The summed E-state index contributed by atoms with van der Waals surface area (Å²) in [5.74, 6) is -1.50. The number of aliphatic carboxylic acids is 1. The van der Waals surface area contributed by atoms with E-state index in [9.17, 15) is 13.8 Å². The molecule has 0 aliphatic heterocycles. The van der Waals surface area contributed by atoms with Crippen molar-refractivity contribution >= 4 is 22.7 Å². The lowest BCUT2D eigenvalue weighted by molar-refractivity contribution is -0.140. The molecule has 0 heterocycles. The van der Waals surface area contributed by atoms with Gasteiger partial charge in [-0.25, -0.2) is 4.79 Å². The van der Waals surface area contributed by atoms with E-state index in [4.69, 9.17) is 5.11 Å². The molecule has 1 amide bonds. The van der Waals surface area contributed by atoms with Gasteiger partial charge in [-0.1, -0.05) is 6.08 Å². The Bertz CT molecular complexity index is 264. The molecule has 0 fully saturated rings. The molecule has 0 aromatic heterocycles. The van der Waals surface area contributed by atoms with Crippen LogP contribution in [-0.2, 0) is 20.4 Å². The summed E-state index contributed by atoms with van der Waals surface area (Å²) in [6, 6.07) is -1.09. The minimum atomic E-state index is -1.30. The molecule has 2 N–H and O–H groups in total. The van der Waals surface area contributed by atoms with Gasteiger partial charge in [-0.05, 0) is 0 Å². The Morgan fingerprint density at radius 1 is 1.64 bits per heavy atom. The lowest BCUT2D eigenvalue weighted by atomic mass is 10.3. The molecule has 0 aliphatic carbocycles. The molecule has 0 aromatic rings. The smallest absolute Gasteiger partial charge is 0.327 e. The highest BCUT2D eigenvalue weighted by Gasteiger charge is 2.20. The summed E-state index contributed by atoms with van der Waals surface area (Å²) in [6.07, 6.45) is 1.45. The van der Waals surface area contributed by atoms with Crippen molar-refractivity contribution in [3.05, 3.63) is 12.7 Å². The van der Waals surface area contributed by atoms with E-state index in [0.29, 0.717) is 0 Å². The number of carboxylic acid groups (broad SMARTS) is 1. The Morgan fingerprint density at radius 2 is 2.21 bits per heavy atom. The van der Waals surface area contributed by atoms with Gasteiger partial charge in [0, 0.05) is 23.5 Å². The van der Waals surface area contributed by atoms with Gasteiger partial charge in [-0.2, -0.15) is 0 Å². The van der Waals surface area contributed by atoms with Crippen molar-refractivity contribution in [3.8, 4) is 0 Å². The van der Waals surface area contributed by atoms with Crippen LogP contribution in [0.4, 0.5) is 0 Å². The fourth-order valence-electron chi connectivity index (χ4n) is 0.805. The van der Waals surface area contributed by atoms with Gasteiger partial charge in [0.2, 0.25) is 5.91 Å². The maximum absolute atomic E-state index is 11.2. The summed E-state index contributed by atoms with van der Waals surface area (Å²) in [4.78, 5) is 21.2. The summed E-state index contributed by atoms with van der Waals surface area (Å²) < 4.78 is 11.2. The van der Waals surface area contributed by atoms with E-state index in [1.165, 1.54) is 13.0 Å². The van der Waals surface area contributed by atoms with Crippen molar-refractivity contribution in [2.75, 3.05) is 11.5 Å². The molecular weight excluding hydrogens is 206 g/mol. The fourth-order valence-corrected chi connectivity index (χ4v) is 1.80. The first kappa shape index (κ1) is 12.8. The van der Waals surface area contributed by atoms with E-state index < -0.39 is 28.7 Å². The third-order valence-electron chi connectivity index (χ3n) is 1.33. The van der Waals surface area contributed by atoms with Crippen LogP contribution in [-0.4, -0.2) is 38.7 Å². The number of carbonyl (C=O) groups excluding carboxylic acids is 1. The third kappa shape index (κ3) is 5.47. The predicted molar refractivity (Wildman–Crippen MR) is 53.3 cm³/mol. The highest BCUT2D eigenvalue weighted by molar-refractivity contribution is 7.85. The predicted octanol–water partition coefficient (Wildman–Crippen LogP) is -0.490. The lowest BCUT2D eigenvalue weighted by Gasteiger charge is -2.11. The molecule has 0 saturated carbocycles. The molecule has 0 bridgehead atoms. The number of hydrogen-bond donors (Lipinski definition) is 2. The second-order valence-corrected chi connectivity index (χ2v) is 4.20. The largest absolute Gasteiger partial charge is 0.480 e. The first-order chi connectivity index (χ1) is 6.47. The van der Waals surface area contributed by atoms with Crippen LogP contribution in [0, 0.1) is 0 Å². The van der Waals surface area contributed by atoms with Crippen LogP contribution in [0.25, 0.3) is 0 Å². The van der Waals surface area contributed by atoms with Gasteiger partial charge in [0.1, 0.15) is 6.04 Å². The van der Waals surface area contributed by atoms with E-state index in [1.54, 1.807) is 0 Å². The van der Waals surface area contributed by atoms with E-state index in [1.807, 2.05) is 0 Å². The average Bonchev–Trinajstić information content (AvgIpc) is 2.02. The second kappa shape index (κ2) is 6.31. The molecule has 0 saturated heterocycles. The number of carbonyl (C=O) groups is 2. The molecule has 0 aliphatic rings. The summed E-state index contributed by atoms with van der Waals surface area (Å²) >= 11 is 0. The first-order valence-electron chi connectivity index (χ1n) is 3.93.